The summed E-state index contributed by atoms with van der Waals surface area (Å²) in [7, 11) is 0. The number of rotatable bonds is 5. The lowest BCUT2D eigenvalue weighted by molar-refractivity contribution is 0.0945. The van der Waals surface area contributed by atoms with E-state index in [4.69, 9.17) is 16.0 Å². The van der Waals surface area contributed by atoms with Crippen LogP contribution in [0.2, 0.25) is 5.02 Å². The molecule has 2 heterocycles. The van der Waals surface area contributed by atoms with Gasteiger partial charge in [-0.25, -0.2) is 0 Å². The van der Waals surface area contributed by atoms with Crippen molar-refractivity contribution in [1.82, 2.24) is 10.3 Å². The first-order valence-electron chi connectivity index (χ1n) is 9.01. The Morgan fingerprint density at radius 1 is 1.07 bits per heavy atom. The molecule has 0 radical (unpaired) electrons. The van der Waals surface area contributed by atoms with Crippen molar-refractivity contribution < 1.29 is 14.0 Å². The Kier molecular flexibility index (Phi) is 5.10. The van der Waals surface area contributed by atoms with E-state index in [1.165, 1.54) is 0 Å². The second-order valence-electron chi connectivity index (χ2n) is 6.65. The molecule has 0 unspecified atom stereocenters. The number of anilines is 1. The van der Waals surface area contributed by atoms with Crippen LogP contribution in [0.25, 0.3) is 10.9 Å². The molecule has 0 fully saturated rings. The number of carbonyl (C=O) groups is 2. The maximum absolute atomic E-state index is 12.8. The van der Waals surface area contributed by atoms with Crippen molar-refractivity contribution in [2.45, 2.75) is 13.5 Å². The fourth-order valence-electron chi connectivity index (χ4n) is 3.06. The first-order chi connectivity index (χ1) is 14.0. The zero-order valence-corrected chi connectivity index (χ0v) is 16.3. The van der Waals surface area contributed by atoms with Gasteiger partial charge in [-0.15, -0.1) is 0 Å². The Balaban J connectivity index is 1.67. The first kappa shape index (κ1) is 18.8. The molecule has 3 N–H and O–H groups in total. The Hall–Kier alpha value is -3.51. The minimum Gasteiger partial charge on any atom is -0.467 e. The second kappa shape index (κ2) is 7.85. The Bertz CT molecular complexity index is 1180. The van der Waals surface area contributed by atoms with E-state index in [9.17, 15) is 9.59 Å². The van der Waals surface area contributed by atoms with Gasteiger partial charge >= 0.3 is 0 Å². The number of fused-ring (bicyclic) bond motifs is 1. The van der Waals surface area contributed by atoms with Gasteiger partial charge in [0.15, 0.2) is 0 Å². The zero-order chi connectivity index (χ0) is 20.4. The number of hydrogen-bond acceptors (Lipinski definition) is 3. The highest BCUT2D eigenvalue weighted by Gasteiger charge is 2.20. The van der Waals surface area contributed by atoms with Crippen LogP contribution >= 0.6 is 11.6 Å². The van der Waals surface area contributed by atoms with Crippen LogP contribution in [0.15, 0.2) is 65.3 Å². The molecule has 6 nitrogen and oxygen atoms in total. The van der Waals surface area contributed by atoms with E-state index in [2.05, 4.69) is 15.6 Å². The topological polar surface area (TPSA) is 87.1 Å². The van der Waals surface area contributed by atoms with E-state index >= 15 is 0 Å². The number of halogens is 1. The van der Waals surface area contributed by atoms with Crippen LogP contribution < -0.4 is 10.6 Å². The molecule has 0 aliphatic carbocycles. The third kappa shape index (κ3) is 4.02. The highest BCUT2D eigenvalue weighted by molar-refractivity contribution is 6.30. The van der Waals surface area contributed by atoms with Gasteiger partial charge in [-0.3, -0.25) is 9.59 Å². The van der Waals surface area contributed by atoms with Crippen molar-refractivity contribution in [1.29, 1.82) is 0 Å². The summed E-state index contributed by atoms with van der Waals surface area (Å²) in [6.45, 7) is 2.19. The minimum absolute atomic E-state index is 0.241. The van der Waals surface area contributed by atoms with Crippen molar-refractivity contribution in [3.05, 3.63) is 88.5 Å². The molecule has 146 valence electrons. The third-order valence-electron chi connectivity index (χ3n) is 4.53. The summed E-state index contributed by atoms with van der Waals surface area (Å²) in [5, 5.41) is 6.98. The van der Waals surface area contributed by atoms with Crippen LogP contribution in [0.3, 0.4) is 0 Å². The quantitative estimate of drug-likeness (QED) is 0.439. The molecule has 0 saturated heterocycles. The minimum atomic E-state index is -0.346. The molecule has 2 aromatic heterocycles. The van der Waals surface area contributed by atoms with Gasteiger partial charge in [0, 0.05) is 21.5 Å². The van der Waals surface area contributed by atoms with E-state index in [1.807, 2.05) is 25.1 Å². The summed E-state index contributed by atoms with van der Waals surface area (Å²) in [4.78, 5) is 28.7. The van der Waals surface area contributed by atoms with Gasteiger partial charge in [0.05, 0.1) is 18.5 Å². The maximum Gasteiger partial charge on any atom is 0.270 e. The number of furan rings is 1. The fraction of sp³-hybridized carbons (Fsp3) is 0.0909. The predicted molar refractivity (Wildman–Crippen MR) is 112 cm³/mol. The molecule has 2 amide bonds. The molecular weight excluding hydrogens is 390 g/mol. The first-order valence-corrected chi connectivity index (χ1v) is 9.39. The van der Waals surface area contributed by atoms with Gasteiger partial charge < -0.3 is 20.0 Å². The van der Waals surface area contributed by atoms with Gasteiger partial charge in [-0.2, -0.15) is 0 Å². The van der Waals surface area contributed by atoms with Crippen molar-refractivity contribution >= 4 is 40.0 Å². The number of H-pyrrole nitrogens is 1. The van der Waals surface area contributed by atoms with Crippen LogP contribution in [0.1, 0.15) is 32.2 Å². The summed E-state index contributed by atoms with van der Waals surface area (Å²) >= 11 is 5.90. The fourth-order valence-corrected chi connectivity index (χ4v) is 3.19. The van der Waals surface area contributed by atoms with Crippen LogP contribution in [-0.4, -0.2) is 16.8 Å². The molecule has 0 aliphatic heterocycles. The molecule has 7 heteroatoms. The van der Waals surface area contributed by atoms with Gasteiger partial charge in [0.25, 0.3) is 11.8 Å². The number of aryl methyl sites for hydroxylation is 1. The maximum atomic E-state index is 12.8. The van der Waals surface area contributed by atoms with Crippen LogP contribution in [0.4, 0.5) is 5.69 Å². The summed E-state index contributed by atoms with van der Waals surface area (Å²) in [5.74, 6) is -0.0390. The lowest BCUT2D eigenvalue weighted by Gasteiger charge is -2.08. The Morgan fingerprint density at radius 3 is 2.59 bits per heavy atom. The Morgan fingerprint density at radius 2 is 1.86 bits per heavy atom. The number of aromatic nitrogens is 1. The van der Waals surface area contributed by atoms with E-state index in [0.717, 1.165) is 16.5 Å². The molecule has 0 spiro atoms. The van der Waals surface area contributed by atoms with E-state index in [0.29, 0.717) is 22.0 Å². The molecular formula is C22H18ClN3O3. The second-order valence-corrected chi connectivity index (χ2v) is 7.08. The summed E-state index contributed by atoms with van der Waals surface area (Å²) < 4.78 is 5.25. The van der Waals surface area contributed by atoms with Crippen molar-refractivity contribution in [2.24, 2.45) is 0 Å². The number of aromatic amines is 1. The van der Waals surface area contributed by atoms with Gasteiger partial charge in [0.1, 0.15) is 11.5 Å². The van der Waals surface area contributed by atoms with Gasteiger partial charge in [-0.05, 0) is 55.5 Å². The molecule has 0 saturated carbocycles. The van der Waals surface area contributed by atoms with Gasteiger partial charge in [-0.1, -0.05) is 23.2 Å². The lowest BCUT2D eigenvalue weighted by atomic mass is 10.1. The van der Waals surface area contributed by atoms with E-state index in [-0.39, 0.29) is 24.1 Å². The summed E-state index contributed by atoms with van der Waals surface area (Å²) in [6.07, 6.45) is 1.55. The van der Waals surface area contributed by atoms with Crippen LogP contribution in [0, 0.1) is 6.92 Å². The normalized spacial score (nSPS) is 10.8. The van der Waals surface area contributed by atoms with Crippen LogP contribution in [-0.2, 0) is 6.54 Å². The highest BCUT2D eigenvalue weighted by Crippen LogP contribution is 2.29. The molecule has 0 atom stereocenters. The van der Waals surface area contributed by atoms with Gasteiger partial charge in [0.2, 0.25) is 0 Å². The largest absolute Gasteiger partial charge is 0.467 e. The number of amides is 2. The molecule has 4 rings (SSSR count). The summed E-state index contributed by atoms with van der Waals surface area (Å²) in [5.41, 5.74) is 2.92. The number of nitrogens with one attached hydrogen (secondary N) is 3. The average Bonchev–Trinajstić information content (AvgIpc) is 3.35. The molecule has 2 aromatic carbocycles. The zero-order valence-electron chi connectivity index (χ0n) is 15.6. The Labute approximate surface area is 171 Å². The number of hydrogen-bond donors (Lipinski definition) is 3. The lowest BCUT2D eigenvalue weighted by Crippen LogP contribution is -2.24. The SMILES string of the molecule is Cc1ccc2[nH]c(C(=O)NCc3ccco3)c(NC(=O)c3ccc(Cl)cc3)c2c1. The van der Waals surface area contributed by atoms with E-state index < -0.39 is 0 Å². The van der Waals surface area contributed by atoms with E-state index in [1.54, 1.807) is 42.7 Å². The smallest absolute Gasteiger partial charge is 0.270 e. The molecule has 0 aliphatic rings. The molecule has 0 bridgehead atoms. The molecule has 4 aromatic rings. The summed E-state index contributed by atoms with van der Waals surface area (Å²) in [6, 6.07) is 15.8. The monoisotopic (exact) mass is 407 g/mol. The number of benzene rings is 2. The van der Waals surface area contributed by atoms with Crippen molar-refractivity contribution in [3.63, 3.8) is 0 Å². The highest BCUT2D eigenvalue weighted by atomic mass is 35.5. The predicted octanol–water partition coefficient (Wildman–Crippen LogP) is 4.91. The van der Waals surface area contributed by atoms with Crippen molar-refractivity contribution in [3.8, 4) is 0 Å². The average molecular weight is 408 g/mol. The van der Waals surface area contributed by atoms with Crippen molar-refractivity contribution in [2.75, 3.05) is 5.32 Å². The van der Waals surface area contributed by atoms with Crippen LogP contribution in [0.5, 0.6) is 0 Å². The standard InChI is InChI=1S/C22H18ClN3O3/c1-13-4-9-18-17(11-13)19(26-21(27)14-5-7-15(23)8-6-14)20(25-18)22(28)24-12-16-3-2-10-29-16/h2-11,25H,12H2,1H3,(H,24,28)(H,26,27). The number of carbonyl (C=O) groups excluding carboxylic acids is 2. The molecule has 29 heavy (non-hydrogen) atoms. The third-order valence-corrected chi connectivity index (χ3v) is 4.78.